The van der Waals surface area contributed by atoms with E-state index in [0.29, 0.717) is 0 Å². The van der Waals surface area contributed by atoms with Gasteiger partial charge in [0.15, 0.2) is 0 Å². The van der Waals surface area contributed by atoms with E-state index < -0.39 is 8.49 Å². The van der Waals surface area contributed by atoms with Crippen molar-refractivity contribution in [1.29, 1.82) is 0 Å². The molecule has 0 aliphatic heterocycles. The van der Waals surface area contributed by atoms with Gasteiger partial charge < -0.3 is 0 Å². The monoisotopic (exact) mass is 830 g/mol. The Balaban J connectivity index is 1.63. The van der Waals surface area contributed by atoms with Crippen LogP contribution in [0, 0.1) is 0 Å². The first-order valence-corrected chi connectivity index (χ1v) is 24.8. The van der Waals surface area contributed by atoms with Gasteiger partial charge in [-0.25, -0.2) is 0 Å². The molecule has 0 amide bonds. The minimum absolute atomic E-state index is 1.34. The molecule has 0 fully saturated rings. The van der Waals surface area contributed by atoms with Gasteiger partial charge >= 0.3 is 290 Å². The van der Waals surface area contributed by atoms with Crippen molar-refractivity contribution in [3.63, 3.8) is 0 Å². The van der Waals surface area contributed by atoms with Crippen LogP contribution < -0.4 is 31.8 Å². The van der Waals surface area contributed by atoms with E-state index in [1.165, 1.54) is 31.8 Å². The first kappa shape index (κ1) is 31.1. The second kappa shape index (κ2) is 12.9. The summed E-state index contributed by atoms with van der Waals surface area (Å²) in [5.74, 6) is 5.03. The van der Waals surface area contributed by atoms with Crippen LogP contribution in [0.1, 0.15) is 0 Å². The average Bonchev–Trinajstić information content (AvgIpc) is 3.12. The van der Waals surface area contributed by atoms with Crippen molar-refractivity contribution in [3.05, 3.63) is 206 Å². The maximum absolute atomic E-state index is 3.06. The van der Waals surface area contributed by atoms with Crippen LogP contribution in [0.3, 0.4) is 0 Å². The summed E-state index contributed by atoms with van der Waals surface area (Å²) in [6.45, 7) is 0. The standard InChI is InChI=1S/C40H34I2P2/c41-43(35-21-7-1-8-22-35,36-23-9-2-10-24-36,37-25-11-3-12-26-37)33-19-20-34-44(42,38-27-13-4-14-28-38,39-29-15-5-16-30-39)40-31-17-6-18-32-40/h1-34H. The number of allylic oxidation sites excluding steroid dienone is 2. The molecule has 44 heavy (non-hydrogen) atoms. The second-order valence-electron chi connectivity index (χ2n) is 10.8. The molecule has 0 radical (unpaired) electrons. The predicted molar refractivity (Wildman–Crippen MR) is 217 cm³/mol. The van der Waals surface area contributed by atoms with Gasteiger partial charge in [-0.1, -0.05) is 0 Å². The number of hydrogen-bond acceptors (Lipinski definition) is 0. The van der Waals surface area contributed by atoms with Crippen molar-refractivity contribution < 1.29 is 0 Å². The van der Waals surface area contributed by atoms with Crippen LogP contribution in [0.5, 0.6) is 0 Å². The van der Waals surface area contributed by atoms with Crippen molar-refractivity contribution in [2.45, 2.75) is 0 Å². The van der Waals surface area contributed by atoms with Gasteiger partial charge in [-0.3, -0.25) is 0 Å². The summed E-state index contributed by atoms with van der Waals surface area (Å²) in [6.07, 6.45) is 4.65. The first-order chi connectivity index (χ1) is 21.5. The van der Waals surface area contributed by atoms with Crippen molar-refractivity contribution in [2.24, 2.45) is 0 Å². The van der Waals surface area contributed by atoms with Crippen LogP contribution in [0.2, 0.25) is 0 Å². The SMILES string of the molecule is IP(C=CC=CP(I)(c1ccccc1)(c1ccccc1)c1ccccc1)(c1ccccc1)(c1ccccc1)c1ccccc1. The molecule has 0 heterocycles. The molecule has 6 aromatic carbocycles. The van der Waals surface area contributed by atoms with E-state index in [-0.39, 0.29) is 0 Å². The molecular weight excluding hydrogens is 796 g/mol. The molecule has 0 nitrogen and oxygen atoms in total. The van der Waals surface area contributed by atoms with Gasteiger partial charge in [-0.05, 0) is 0 Å². The Morgan fingerprint density at radius 3 is 0.591 bits per heavy atom. The molecule has 4 heteroatoms. The third-order valence-electron chi connectivity index (χ3n) is 8.41. The third-order valence-corrected chi connectivity index (χ3v) is 29.7. The number of benzene rings is 6. The van der Waals surface area contributed by atoms with Crippen LogP contribution in [-0.4, -0.2) is 0 Å². The van der Waals surface area contributed by atoms with Gasteiger partial charge in [0.25, 0.3) is 0 Å². The van der Waals surface area contributed by atoms with E-state index in [9.17, 15) is 0 Å². The second-order valence-corrected chi connectivity index (χ2v) is 30.9. The van der Waals surface area contributed by atoms with Gasteiger partial charge in [-0.15, -0.1) is 0 Å². The van der Waals surface area contributed by atoms with Crippen LogP contribution in [0.25, 0.3) is 0 Å². The summed E-state index contributed by atoms with van der Waals surface area (Å²) in [5.41, 5.74) is 0. The van der Waals surface area contributed by atoms with Gasteiger partial charge in [0, 0.05) is 0 Å². The Labute approximate surface area is 287 Å². The molecule has 0 spiro atoms. The molecule has 0 bridgehead atoms. The van der Waals surface area contributed by atoms with E-state index in [2.05, 4.69) is 250 Å². The molecule has 6 aromatic rings. The Kier molecular flexibility index (Phi) is 9.09. The van der Waals surface area contributed by atoms with Gasteiger partial charge in [0.2, 0.25) is 0 Å². The molecule has 0 saturated carbocycles. The van der Waals surface area contributed by atoms with E-state index >= 15 is 0 Å². The molecule has 0 unspecified atom stereocenters. The molecular formula is C40H34I2P2. The van der Waals surface area contributed by atoms with E-state index in [4.69, 9.17) is 0 Å². The predicted octanol–water partition coefficient (Wildman–Crippen LogP) is 9.77. The molecule has 0 N–H and O–H groups in total. The summed E-state index contributed by atoms with van der Waals surface area (Å²) in [7, 11) is 0. The molecule has 6 rings (SSSR count). The topological polar surface area (TPSA) is 0 Å². The van der Waals surface area contributed by atoms with Crippen LogP contribution >= 0.6 is 52.6 Å². The van der Waals surface area contributed by atoms with E-state index in [0.717, 1.165) is 0 Å². The fourth-order valence-corrected chi connectivity index (χ4v) is 21.3. The van der Waals surface area contributed by atoms with Crippen LogP contribution in [0.15, 0.2) is 206 Å². The average molecular weight is 830 g/mol. The fraction of sp³-hybridized carbons (Fsp3) is 0. The van der Waals surface area contributed by atoms with Gasteiger partial charge in [-0.2, -0.15) is 0 Å². The first-order valence-electron chi connectivity index (χ1n) is 14.7. The van der Waals surface area contributed by atoms with Crippen LogP contribution in [0.4, 0.5) is 0 Å². The Morgan fingerprint density at radius 1 is 0.273 bits per heavy atom. The minimum atomic E-state index is -3.06. The number of hydrogen-bond donors (Lipinski definition) is 0. The molecule has 218 valence electrons. The van der Waals surface area contributed by atoms with Crippen molar-refractivity contribution in [1.82, 2.24) is 0 Å². The molecule has 0 saturated heterocycles. The molecule has 0 aliphatic rings. The molecule has 0 aliphatic carbocycles. The Hall–Kier alpha value is -2.88. The van der Waals surface area contributed by atoms with Crippen molar-refractivity contribution in [2.75, 3.05) is 0 Å². The molecule has 0 atom stereocenters. The van der Waals surface area contributed by atoms with Crippen molar-refractivity contribution in [3.8, 4) is 0 Å². The zero-order chi connectivity index (χ0) is 30.4. The number of halogens is 2. The quantitative estimate of drug-likeness (QED) is 0.0774. The van der Waals surface area contributed by atoms with E-state index in [1.54, 1.807) is 0 Å². The van der Waals surface area contributed by atoms with Gasteiger partial charge in [0.1, 0.15) is 0 Å². The normalized spacial score (nSPS) is 14.0. The Bertz CT molecular complexity index is 1530. The zero-order valence-electron chi connectivity index (χ0n) is 24.3. The molecule has 0 aromatic heterocycles. The summed E-state index contributed by atoms with van der Waals surface area (Å²) in [5, 5.41) is 8.01. The van der Waals surface area contributed by atoms with Crippen molar-refractivity contribution >= 4 is 84.4 Å². The van der Waals surface area contributed by atoms with Crippen LogP contribution in [-0.2, 0) is 0 Å². The Morgan fingerprint density at radius 2 is 0.432 bits per heavy atom. The fourth-order valence-electron chi connectivity index (χ4n) is 6.15. The zero-order valence-corrected chi connectivity index (χ0v) is 30.4. The van der Waals surface area contributed by atoms with Gasteiger partial charge in [0.05, 0.1) is 0 Å². The van der Waals surface area contributed by atoms with E-state index in [1.807, 2.05) is 0 Å². The summed E-state index contributed by atoms with van der Waals surface area (Å²) in [4.78, 5) is 0. The summed E-state index contributed by atoms with van der Waals surface area (Å²) in [6, 6.07) is 66.3. The third kappa shape index (κ3) is 5.24. The number of rotatable bonds is 9. The summed E-state index contributed by atoms with van der Waals surface area (Å²) >= 11 is 5.65. The maximum atomic E-state index is 2.82. The summed E-state index contributed by atoms with van der Waals surface area (Å²) < 4.78 is -6.11.